The van der Waals surface area contributed by atoms with Crippen molar-refractivity contribution >= 4 is 5.91 Å². The van der Waals surface area contributed by atoms with Crippen molar-refractivity contribution in [2.75, 3.05) is 13.2 Å². The average molecular weight is 1060 g/mol. The Hall–Kier alpha value is -1.07. The fourth-order valence-corrected chi connectivity index (χ4v) is 11.1. The van der Waals surface area contributed by atoms with Crippen LogP contribution in [0.5, 0.6) is 0 Å². The van der Waals surface area contributed by atoms with Crippen LogP contribution >= 0.6 is 0 Å². The number of ether oxygens (including phenoxy) is 2. The summed E-state index contributed by atoms with van der Waals surface area (Å²) in [6.07, 6.45) is 64.5. The van der Waals surface area contributed by atoms with E-state index in [2.05, 4.69) is 19.2 Å². The molecule has 1 saturated heterocycles. The van der Waals surface area contributed by atoms with Crippen molar-refractivity contribution in [2.24, 2.45) is 0 Å². The number of hydrogen-bond donors (Lipinski definition) is 6. The van der Waals surface area contributed by atoms with Crippen LogP contribution in [-0.2, 0) is 14.3 Å². The highest BCUT2D eigenvalue weighted by atomic mass is 16.7. The predicted octanol–water partition coefficient (Wildman–Crippen LogP) is 17.5. The van der Waals surface area contributed by atoms with Gasteiger partial charge in [0.1, 0.15) is 24.4 Å². The lowest BCUT2D eigenvalue weighted by Gasteiger charge is -2.40. The van der Waals surface area contributed by atoms with Crippen LogP contribution in [0.15, 0.2) is 12.2 Å². The summed E-state index contributed by atoms with van der Waals surface area (Å²) in [5, 5.41) is 54.7. The second kappa shape index (κ2) is 56.2. The highest BCUT2D eigenvalue weighted by molar-refractivity contribution is 5.76. The van der Waals surface area contributed by atoms with Gasteiger partial charge in [-0.1, -0.05) is 334 Å². The number of aliphatic hydroxyl groups excluding tert-OH is 5. The van der Waals surface area contributed by atoms with E-state index in [9.17, 15) is 30.3 Å². The van der Waals surface area contributed by atoms with Crippen LogP contribution in [0.4, 0.5) is 0 Å². The van der Waals surface area contributed by atoms with E-state index in [0.717, 1.165) is 38.5 Å². The third-order valence-corrected chi connectivity index (χ3v) is 16.4. The molecule has 0 spiro atoms. The number of amides is 1. The van der Waals surface area contributed by atoms with Crippen molar-refractivity contribution in [1.82, 2.24) is 5.32 Å². The molecule has 0 aromatic carbocycles. The Morgan fingerprint density at radius 1 is 0.440 bits per heavy atom. The number of allylic oxidation sites excluding steroid dienone is 1. The zero-order chi connectivity index (χ0) is 54.3. The van der Waals surface area contributed by atoms with Gasteiger partial charge in [-0.3, -0.25) is 4.79 Å². The fraction of sp³-hybridized carbons (Fsp3) is 0.955. The minimum Gasteiger partial charge on any atom is -0.394 e. The summed E-state index contributed by atoms with van der Waals surface area (Å²) in [4.78, 5) is 13.1. The molecule has 1 heterocycles. The molecule has 1 rings (SSSR count). The van der Waals surface area contributed by atoms with E-state index < -0.39 is 49.5 Å². The van der Waals surface area contributed by atoms with Crippen molar-refractivity contribution < 1.29 is 39.8 Å². The largest absolute Gasteiger partial charge is 0.394 e. The smallest absolute Gasteiger partial charge is 0.220 e. The molecule has 9 nitrogen and oxygen atoms in total. The van der Waals surface area contributed by atoms with Crippen LogP contribution < -0.4 is 5.32 Å². The molecule has 9 heteroatoms. The van der Waals surface area contributed by atoms with Crippen LogP contribution in [0, 0.1) is 0 Å². The molecule has 446 valence electrons. The fourth-order valence-electron chi connectivity index (χ4n) is 11.1. The highest BCUT2D eigenvalue weighted by Crippen LogP contribution is 2.23. The first-order valence-corrected chi connectivity index (χ1v) is 33.4. The normalized spacial score (nSPS) is 18.8. The number of rotatable bonds is 59. The first kappa shape index (κ1) is 71.9. The Bertz CT molecular complexity index is 1190. The van der Waals surface area contributed by atoms with Gasteiger partial charge in [0.15, 0.2) is 6.29 Å². The molecule has 1 aliphatic heterocycles. The van der Waals surface area contributed by atoms with Gasteiger partial charge in [-0.05, 0) is 19.3 Å². The summed E-state index contributed by atoms with van der Waals surface area (Å²) in [6, 6.07) is -0.801. The lowest BCUT2D eigenvalue weighted by atomic mass is 9.99. The summed E-state index contributed by atoms with van der Waals surface area (Å²) in [5.74, 6) is -0.167. The summed E-state index contributed by atoms with van der Waals surface area (Å²) in [7, 11) is 0. The number of aliphatic hydroxyl groups is 5. The molecule has 7 unspecified atom stereocenters. The van der Waals surface area contributed by atoms with E-state index in [1.807, 2.05) is 6.08 Å². The van der Waals surface area contributed by atoms with Gasteiger partial charge in [0.2, 0.25) is 5.91 Å². The van der Waals surface area contributed by atoms with Crippen LogP contribution in [0.1, 0.15) is 348 Å². The third-order valence-electron chi connectivity index (χ3n) is 16.4. The Morgan fingerprint density at radius 2 is 0.733 bits per heavy atom. The van der Waals surface area contributed by atoms with Crippen molar-refractivity contribution in [1.29, 1.82) is 0 Å². The van der Waals surface area contributed by atoms with Gasteiger partial charge in [0, 0.05) is 6.42 Å². The minimum absolute atomic E-state index is 0.167. The number of nitrogens with one attached hydrogen (secondary N) is 1. The SMILES string of the molecule is CCCCCCCCCCCCCCCCCCCCCCCCCCC/C=C/C(O)C(COC1OC(CO)C(O)C(O)C1O)NC(=O)CCCCCCCCCCCCCCCCCCCCCCCCCCC. The van der Waals surface area contributed by atoms with Gasteiger partial charge in [-0.2, -0.15) is 0 Å². The standard InChI is InChI=1S/C66H129NO8/c1-3-5-7-9-11-13-15-17-19-21-23-25-27-29-30-32-33-35-37-39-41-43-45-47-49-51-53-55-60(69)59(58-74-66-65(73)64(72)63(71)61(57-68)75-66)67-62(70)56-54-52-50-48-46-44-42-40-38-36-34-31-28-26-24-22-20-18-16-14-12-10-8-6-4-2/h53,55,59-61,63-66,68-69,71-73H,3-52,54,56-58H2,1-2H3,(H,67,70)/b55-53+. The van der Waals surface area contributed by atoms with Crippen molar-refractivity contribution in [3.05, 3.63) is 12.2 Å². The Labute approximate surface area is 465 Å². The monoisotopic (exact) mass is 1060 g/mol. The summed E-state index contributed by atoms with van der Waals surface area (Å²) < 4.78 is 11.3. The Kier molecular flexibility index (Phi) is 53.9. The van der Waals surface area contributed by atoms with E-state index in [4.69, 9.17) is 9.47 Å². The molecule has 0 aromatic rings. The summed E-state index contributed by atoms with van der Waals surface area (Å²) in [6.45, 7) is 3.84. The molecule has 1 aliphatic rings. The van der Waals surface area contributed by atoms with E-state index in [1.54, 1.807) is 6.08 Å². The molecule has 6 N–H and O–H groups in total. The lowest BCUT2D eigenvalue weighted by molar-refractivity contribution is -0.302. The minimum atomic E-state index is -1.56. The second-order valence-corrected chi connectivity index (χ2v) is 23.6. The summed E-state index contributed by atoms with van der Waals surface area (Å²) in [5.41, 5.74) is 0. The van der Waals surface area contributed by atoms with E-state index >= 15 is 0 Å². The second-order valence-electron chi connectivity index (χ2n) is 23.6. The van der Waals surface area contributed by atoms with Crippen LogP contribution in [0.2, 0.25) is 0 Å². The van der Waals surface area contributed by atoms with Gasteiger partial charge in [-0.25, -0.2) is 0 Å². The van der Waals surface area contributed by atoms with Crippen LogP contribution in [-0.4, -0.2) is 87.5 Å². The molecule has 0 bridgehead atoms. The maximum absolute atomic E-state index is 13.1. The van der Waals surface area contributed by atoms with Gasteiger partial charge in [0.25, 0.3) is 0 Å². The lowest BCUT2D eigenvalue weighted by Crippen LogP contribution is -2.60. The first-order chi connectivity index (χ1) is 36.8. The maximum atomic E-state index is 13.1. The first-order valence-electron chi connectivity index (χ1n) is 33.4. The van der Waals surface area contributed by atoms with Gasteiger partial charge >= 0.3 is 0 Å². The predicted molar refractivity (Wildman–Crippen MR) is 318 cm³/mol. The van der Waals surface area contributed by atoms with Crippen molar-refractivity contribution in [3.8, 4) is 0 Å². The van der Waals surface area contributed by atoms with Gasteiger partial charge in [-0.15, -0.1) is 0 Å². The van der Waals surface area contributed by atoms with Crippen molar-refractivity contribution in [2.45, 2.75) is 391 Å². The van der Waals surface area contributed by atoms with E-state index in [1.165, 1.54) is 289 Å². The van der Waals surface area contributed by atoms with E-state index in [-0.39, 0.29) is 12.5 Å². The Morgan fingerprint density at radius 3 is 1.04 bits per heavy atom. The third kappa shape index (κ3) is 45.4. The topological polar surface area (TPSA) is 149 Å². The molecule has 75 heavy (non-hydrogen) atoms. The number of carbonyl (C=O) groups excluding carboxylic acids is 1. The molecular weight excluding hydrogens is 935 g/mol. The maximum Gasteiger partial charge on any atom is 0.220 e. The molecule has 7 atom stereocenters. The van der Waals surface area contributed by atoms with Crippen LogP contribution in [0.3, 0.4) is 0 Å². The van der Waals surface area contributed by atoms with Crippen molar-refractivity contribution in [3.63, 3.8) is 0 Å². The van der Waals surface area contributed by atoms with Gasteiger partial charge < -0.3 is 40.3 Å². The zero-order valence-electron chi connectivity index (χ0n) is 49.8. The molecule has 1 amide bonds. The van der Waals surface area contributed by atoms with Gasteiger partial charge in [0.05, 0.1) is 25.4 Å². The highest BCUT2D eigenvalue weighted by Gasteiger charge is 2.44. The molecule has 0 saturated carbocycles. The molecule has 0 aromatic heterocycles. The molecule has 0 aliphatic carbocycles. The number of unbranched alkanes of at least 4 members (excludes halogenated alkanes) is 49. The zero-order valence-corrected chi connectivity index (χ0v) is 49.8. The number of hydrogen-bond acceptors (Lipinski definition) is 8. The molecular formula is C66H129NO8. The average Bonchev–Trinajstić information content (AvgIpc) is 3.41. The summed E-state index contributed by atoms with van der Waals surface area (Å²) >= 11 is 0. The van der Waals surface area contributed by atoms with Crippen LogP contribution in [0.25, 0.3) is 0 Å². The molecule has 0 radical (unpaired) electrons. The van der Waals surface area contributed by atoms with E-state index in [0.29, 0.717) is 6.42 Å². The number of carbonyl (C=O) groups is 1. The Balaban J connectivity index is 2.15. The molecule has 1 fully saturated rings. The quantitative estimate of drug-likeness (QED) is 0.0261.